The fraction of sp³-hybridized carbons (Fsp3) is 0.500. The van der Waals surface area contributed by atoms with E-state index in [0.717, 1.165) is 4.31 Å². The molecule has 1 aromatic rings. The van der Waals surface area contributed by atoms with Crippen LogP contribution in [0.3, 0.4) is 0 Å². The Morgan fingerprint density at radius 1 is 1.21 bits per heavy atom. The molecule has 1 fully saturated rings. The molecule has 106 valence electrons. The molecule has 7 heteroatoms. The minimum atomic E-state index is -3.76. The lowest BCUT2D eigenvalue weighted by molar-refractivity contribution is 0.0572. The molecule has 1 aliphatic rings. The van der Waals surface area contributed by atoms with Gasteiger partial charge in [0.15, 0.2) is 0 Å². The Kier molecular flexibility index (Phi) is 3.57. The van der Waals surface area contributed by atoms with Gasteiger partial charge in [0.1, 0.15) is 0 Å². The minimum absolute atomic E-state index is 0.100. The highest BCUT2D eigenvalue weighted by Gasteiger charge is 2.38. The summed E-state index contributed by atoms with van der Waals surface area (Å²) in [5.41, 5.74) is 7.26. The second-order valence-corrected chi connectivity index (χ2v) is 6.76. The number of β-amino-alcohol motifs (C(OH)–C–C–N with tert-alkyl or cyclic N) is 2. The molecule has 1 aliphatic heterocycles. The molecule has 0 aliphatic carbocycles. The molecule has 0 bridgehead atoms. The monoisotopic (exact) mass is 286 g/mol. The van der Waals surface area contributed by atoms with E-state index in [1.165, 1.54) is 0 Å². The van der Waals surface area contributed by atoms with E-state index < -0.39 is 22.2 Å². The Bertz CT molecular complexity index is 590. The molecule has 6 nitrogen and oxygen atoms in total. The second-order valence-electron chi connectivity index (χ2n) is 4.88. The standard InChI is InChI=1S/C12H18N2O4S/c1-7-3-4-9(13)8(2)12(7)19(17,18)14-5-10(15)11(16)6-14/h3-4,10-11,15-16H,5-6,13H2,1-2H3/t10-,11+. The van der Waals surface area contributed by atoms with Gasteiger partial charge in [-0.15, -0.1) is 0 Å². The third kappa shape index (κ3) is 2.34. The molecule has 1 saturated heterocycles. The molecule has 1 heterocycles. The smallest absolute Gasteiger partial charge is 0.243 e. The highest BCUT2D eigenvalue weighted by Crippen LogP contribution is 2.29. The number of sulfonamides is 1. The van der Waals surface area contributed by atoms with Crippen LogP contribution in [0.1, 0.15) is 11.1 Å². The summed E-state index contributed by atoms with van der Waals surface area (Å²) in [6, 6.07) is 3.31. The van der Waals surface area contributed by atoms with Crippen LogP contribution in [0.2, 0.25) is 0 Å². The highest BCUT2D eigenvalue weighted by atomic mass is 32.2. The molecule has 0 radical (unpaired) electrons. The molecule has 0 spiro atoms. The van der Waals surface area contributed by atoms with Gasteiger partial charge < -0.3 is 15.9 Å². The van der Waals surface area contributed by atoms with Gasteiger partial charge in [-0.25, -0.2) is 8.42 Å². The third-order valence-corrected chi connectivity index (χ3v) is 5.59. The number of nitrogens with zero attached hydrogens (tertiary/aromatic N) is 1. The highest BCUT2D eigenvalue weighted by molar-refractivity contribution is 7.89. The van der Waals surface area contributed by atoms with Gasteiger partial charge in [0, 0.05) is 18.8 Å². The minimum Gasteiger partial charge on any atom is -0.398 e. The van der Waals surface area contributed by atoms with Crippen molar-refractivity contribution in [2.45, 2.75) is 31.0 Å². The molecule has 2 rings (SSSR count). The Morgan fingerprint density at radius 3 is 2.26 bits per heavy atom. The fourth-order valence-electron chi connectivity index (χ4n) is 2.30. The summed E-state index contributed by atoms with van der Waals surface area (Å²) in [5, 5.41) is 19.0. The zero-order valence-electron chi connectivity index (χ0n) is 10.9. The van der Waals surface area contributed by atoms with Gasteiger partial charge in [-0.3, -0.25) is 0 Å². The number of nitrogen functional groups attached to an aromatic ring is 1. The zero-order valence-corrected chi connectivity index (χ0v) is 11.7. The maximum absolute atomic E-state index is 12.6. The van der Waals surface area contributed by atoms with Crippen LogP contribution in [0.5, 0.6) is 0 Å². The average molecular weight is 286 g/mol. The van der Waals surface area contributed by atoms with Crippen molar-refractivity contribution in [3.63, 3.8) is 0 Å². The van der Waals surface area contributed by atoms with E-state index >= 15 is 0 Å². The Balaban J connectivity index is 2.50. The maximum Gasteiger partial charge on any atom is 0.243 e. The van der Waals surface area contributed by atoms with Crippen molar-refractivity contribution in [2.24, 2.45) is 0 Å². The van der Waals surface area contributed by atoms with Gasteiger partial charge in [-0.05, 0) is 31.0 Å². The van der Waals surface area contributed by atoms with Gasteiger partial charge in [0.05, 0.1) is 17.1 Å². The molecule has 0 aromatic heterocycles. The van der Waals surface area contributed by atoms with E-state index in [4.69, 9.17) is 5.73 Å². The van der Waals surface area contributed by atoms with Crippen molar-refractivity contribution in [3.05, 3.63) is 23.3 Å². The third-order valence-electron chi connectivity index (χ3n) is 3.47. The number of anilines is 1. The van der Waals surface area contributed by atoms with Crippen molar-refractivity contribution < 1.29 is 18.6 Å². The summed E-state index contributed by atoms with van der Waals surface area (Å²) in [4.78, 5) is 0.161. The molecule has 2 atom stereocenters. The number of nitrogens with two attached hydrogens (primary N) is 1. The predicted molar refractivity (Wildman–Crippen MR) is 71.1 cm³/mol. The number of hydrogen-bond donors (Lipinski definition) is 3. The molecular formula is C12H18N2O4S. The van der Waals surface area contributed by atoms with Crippen molar-refractivity contribution in [2.75, 3.05) is 18.8 Å². The van der Waals surface area contributed by atoms with Crippen LogP contribution in [0.25, 0.3) is 0 Å². The van der Waals surface area contributed by atoms with Crippen LogP contribution in [0.15, 0.2) is 17.0 Å². The predicted octanol–water partition coefficient (Wildman–Crippen LogP) is -0.388. The average Bonchev–Trinajstić information content (AvgIpc) is 2.65. The summed E-state index contributed by atoms with van der Waals surface area (Å²) in [5.74, 6) is 0. The first-order chi connectivity index (χ1) is 8.75. The first kappa shape index (κ1) is 14.3. The van der Waals surface area contributed by atoms with E-state index in [2.05, 4.69) is 0 Å². The summed E-state index contributed by atoms with van der Waals surface area (Å²) in [7, 11) is -3.76. The first-order valence-corrected chi connectivity index (χ1v) is 7.41. The van der Waals surface area contributed by atoms with Crippen molar-refractivity contribution >= 4 is 15.7 Å². The molecule has 0 unspecified atom stereocenters. The quantitative estimate of drug-likeness (QED) is 0.642. The number of benzene rings is 1. The molecule has 0 saturated carbocycles. The van der Waals surface area contributed by atoms with E-state index in [-0.39, 0.29) is 18.0 Å². The van der Waals surface area contributed by atoms with Crippen molar-refractivity contribution in [1.29, 1.82) is 0 Å². The van der Waals surface area contributed by atoms with Crippen LogP contribution in [0, 0.1) is 13.8 Å². The van der Waals surface area contributed by atoms with Crippen LogP contribution < -0.4 is 5.73 Å². The number of aliphatic hydroxyl groups is 2. The van der Waals surface area contributed by atoms with Gasteiger partial charge in [0.25, 0.3) is 0 Å². The normalized spacial score (nSPS) is 24.8. The van der Waals surface area contributed by atoms with Crippen LogP contribution in [-0.2, 0) is 10.0 Å². The zero-order chi connectivity index (χ0) is 14.4. The number of hydrogen-bond acceptors (Lipinski definition) is 5. The Labute approximate surface area is 112 Å². The summed E-state index contributed by atoms with van der Waals surface area (Å²) in [6.07, 6.45) is -2.09. The van der Waals surface area contributed by atoms with Crippen LogP contribution in [-0.4, -0.2) is 48.2 Å². The van der Waals surface area contributed by atoms with E-state index in [0.29, 0.717) is 16.8 Å². The van der Waals surface area contributed by atoms with Crippen molar-refractivity contribution in [3.8, 4) is 0 Å². The summed E-state index contributed by atoms with van der Waals surface area (Å²) >= 11 is 0. The molecule has 4 N–H and O–H groups in total. The number of rotatable bonds is 2. The lowest BCUT2D eigenvalue weighted by Crippen LogP contribution is -2.31. The number of aliphatic hydroxyl groups excluding tert-OH is 2. The van der Waals surface area contributed by atoms with E-state index in [1.54, 1.807) is 26.0 Å². The van der Waals surface area contributed by atoms with Crippen molar-refractivity contribution in [1.82, 2.24) is 4.31 Å². The molecular weight excluding hydrogens is 268 g/mol. The van der Waals surface area contributed by atoms with Gasteiger partial charge in [-0.2, -0.15) is 4.31 Å². The molecule has 19 heavy (non-hydrogen) atoms. The maximum atomic E-state index is 12.6. The number of aryl methyl sites for hydroxylation is 1. The topological polar surface area (TPSA) is 104 Å². The van der Waals surface area contributed by atoms with Gasteiger partial charge >= 0.3 is 0 Å². The first-order valence-electron chi connectivity index (χ1n) is 5.97. The van der Waals surface area contributed by atoms with E-state index in [1.807, 2.05) is 0 Å². The second kappa shape index (κ2) is 4.75. The molecule has 1 aromatic carbocycles. The molecule has 0 amide bonds. The Hall–Kier alpha value is -1.15. The SMILES string of the molecule is Cc1ccc(N)c(C)c1S(=O)(=O)N1C[C@@H](O)[C@@H](O)C1. The van der Waals surface area contributed by atoms with Gasteiger partial charge in [0.2, 0.25) is 10.0 Å². The van der Waals surface area contributed by atoms with Crippen LogP contribution >= 0.6 is 0 Å². The fourth-order valence-corrected chi connectivity index (χ4v) is 4.24. The lowest BCUT2D eigenvalue weighted by atomic mass is 10.1. The van der Waals surface area contributed by atoms with Gasteiger partial charge in [-0.1, -0.05) is 6.07 Å². The van der Waals surface area contributed by atoms with E-state index in [9.17, 15) is 18.6 Å². The van der Waals surface area contributed by atoms with Crippen LogP contribution in [0.4, 0.5) is 5.69 Å². The lowest BCUT2D eigenvalue weighted by Gasteiger charge is -2.19. The Morgan fingerprint density at radius 2 is 1.74 bits per heavy atom. The summed E-state index contributed by atoms with van der Waals surface area (Å²) in [6.45, 7) is 3.15. The largest absolute Gasteiger partial charge is 0.398 e. The summed E-state index contributed by atoms with van der Waals surface area (Å²) < 4.78 is 26.2.